The Labute approximate surface area is 180 Å². The summed E-state index contributed by atoms with van der Waals surface area (Å²) in [6, 6.07) is 4.17. The number of ether oxygens (including phenoxy) is 2. The van der Waals surface area contributed by atoms with Crippen molar-refractivity contribution in [3.8, 4) is 5.75 Å². The van der Waals surface area contributed by atoms with Crippen molar-refractivity contribution < 1.29 is 18.7 Å². The molecule has 6 nitrogen and oxygen atoms in total. The lowest BCUT2D eigenvalue weighted by Gasteiger charge is -2.39. The number of rotatable bonds is 5. The Balaban J connectivity index is 1.31. The molecule has 1 aromatic carbocycles. The van der Waals surface area contributed by atoms with Gasteiger partial charge in [-0.05, 0) is 43.0 Å². The van der Waals surface area contributed by atoms with Crippen LogP contribution < -0.4 is 10.1 Å². The Bertz CT molecular complexity index is 909. The molecule has 1 unspecified atom stereocenters. The maximum Gasteiger partial charge on any atom is 0.250 e. The van der Waals surface area contributed by atoms with Gasteiger partial charge in [0, 0.05) is 37.6 Å². The van der Waals surface area contributed by atoms with Gasteiger partial charge in [0.15, 0.2) is 6.23 Å². The van der Waals surface area contributed by atoms with Crippen LogP contribution >= 0.6 is 11.6 Å². The van der Waals surface area contributed by atoms with Gasteiger partial charge in [0.05, 0.1) is 17.3 Å². The summed E-state index contributed by atoms with van der Waals surface area (Å²) in [5.41, 5.74) is 2.63. The monoisotopic (exact) mass is 433 g/mol. The highest BCUT2D eigenvalue weighted by Gasteiger charge is 2.31. The number of benzene rings is 1. The molecule has 3 aliphatic rings. The molecule has 30 heavy (non-hydrogen) atoms. The molecule has 4 rings (SSSR count). The van der Waals surface area contributed by atoms with Crippen LogP contribution in [0.1, 0.15) is 12.8 Å². The highest BCUT2D eigenvalue weighted by Crippen LogP contribution is 2.30. The molecular weight excluding hydrogens is 409 g/mol. The van der Waals surface area contributed by atoms with Crippen molar-refractivity contribution in [3.63, 3.8) is 0 Å². The highest BCUT2D eigenvalue weighted by atomic mass is 35.5. The molecule has 3 aliphatic heterocycles. The lowest BCUT2D eigenvalue weighted by atomic mass is 9.96. The Morgan fingerprint density at radius 2 is 2.17 bits per heavy atom. The molecule has 0 spiro atoms. The fraction of sp³-hybridized carbons (Fsp3) is 0.409. The smallest absolute Gasteiger partial charge is 0.250 e. The second-order valence-corrected chi connectivity index (χ2v) is 8.23. The number of allylic oxidation sites excluding steroid dienone is 1. The molecule has 0 aliphatic carbocycles. The number of piperidine rings is 1. The van der Waals surface area contributed by atoms with Crippen LogP contribution in [0.25, 0.3) is 0 Å². The van der Waals surface area contributed by atoms with Crippen LogP contribution in [0.5, 0.6) is 5.75 Å². The van der Waals surface area contributed by atoms with Crippen molar-refractivity contribution in [2.45, 2.75) is 19.1 Å². The molecule has 160 valence electrons. The average Bonchev–Trinajstić information content (AvgIpc) is 2.72. The van der Waals surface area contributed by atoms with Gasteiger partial charge in [-0.2, -0.15) is 0 Å². The van der Waals surface area contributed by atoms with E-state index in [0.717, 1.165) is 42.9 Å². The van der Waals surface area contributed by atoms with E-state index >= 15 is 0 Å². The van der Waals surface area contributed by atoms with Crippen molar-refractivity contribution in [1.29, 1.82) is 0 Å². The summed E-state index contributed by atoms with van der Waals surface area (Å²) in [6.07, 6.45) is 5.59. The Morgan fingerprint density at radius 1 is 1.40 bits per heavy atom. The first-order chi connectivity index (χ1) is 14.4. The van der Waals surface area contributed by atoms with Crippen LogP contribution in [0.4, 0.5) is 4.39 Å². The maximum atomic E-state index is 13.2. The third-order valence-electron chi connectivity index (χ3n) is 5.64. The molecule has 8 heteroatoms. The van der Waals surface area contributed by atoms with Crippen LogP contribution in [0.3, 0.4) is 0 Å². The number of likely N-dealkylation sites (N-methyl/N-ethyl adjacent to an activating group) is 1. The first-order valence-corrected chi connectivity index (χ1v) is 10.4. The van der Waals surface area contributed by atoms with Gasteiger partial charge in [0.25, 0.3) is 0 Å². The largest absolute Gasteiger partial charge is 0.492 e. The molecule has 0 radical (unpaired) electrons. The van der Waals surface area contributed by atoms with Crippen molar-refractivity contribution in [3.05, 3.63) is 64.9 Å². The van der Waals surface area contributed by atoms with Crippen LogP contribution in [0.15, 0.2) is 54.0 Å². The number of amides is 1. The van der Waals surface area contributed by atoms with Gasteiger partial charge >= 0.3 is 0 Å². The highest BCUT2D eigenvalue weighted by molar-refractivity contribution is 6.32. The van der Waals surface area contributed by atoms with E-state index in [-0.39, 0.29) is 24.6 Å². The molecule has 2 saturated heterocycles. The van der Waals surface area contributed by atoms with Crippen LogP contribution in [-0.2, 0) is 9.53 Å². The van der Waals surface area contributed by atoms with Crippen LogP contribution in [0, 0.1) is 11.7 Å². The minimum atomic E-state index is -0.373. The van der Waals surface area contributed by atoms with E-state index in [1.807, 2.05) is 24.2 Å². The molecule has 2 fully saturated rings. The fourth-order valence-electron chi connectivity index (χ4n) is 3.95. The van der Waals surface area contributed by atoms with Gasteiger partial charge in [-0.25, -0.2) is 4.39 Å². The summed E-state index contributed by atoms with van der Waals surface area (Å²) in [5.74, 6) is 0.396. The number of halogens is 2. The second-order valence-electron chi connectivity index (χ2n) is 7.82. The van der Waals surface area contributed by atoms with Gasteiger partial charge < -0.3 is 24.6 Å². The van der Waals surface area contributed by atoms with Gasteiger partial charge in [-0.1, -0.05) is 18.2 Å². The first-order valence-electron chi connectivity index (χ1n) is 9.99. The van der Waals surface area contributed by atoms with Gasteiger partial charge in [0.1, 0.15) is 18.2 Å². The van der Waals surface area contributed by atoms with E-state index in [0.29, 0.717) is 23.3 Å². The molecule has 0 saturated carbocycles. The summed E-state index contributed by atoms with van der Waals surface area (Å²) in [5, 5.41) is 3.18. The maximum absolute atomic E-state index is 13.2. The molecule has 1 aromatic rings. The summed E-state index contributed by atoms with van der Waals surface area (Å²) in [7, 11) is 1.92. The summed E-state index contributed by atoms with van der Waals surface area (Å²) >= 11 is 6.03. The summed E-state index contributed by atoms with van der Waals surface area (Å²) < 4.78 is 24.5. The lowest BCUT2D eigenvalue weighted by molar-refractivity contribution is -0.134. The standard InChI is InChI=1S/C22H25ClFN3O3/c1-14(16-9-19-22(26(2)11-16)30-13-21(28)25-19)27-7-5-15(6-8-27)12-29-20-4-3-17(24)10-18(20)23/h3-4,9-11,15,22H,1,5-8,12-13H2,2H3,(H,25,28). The van der Waals surface area contributed by atoms with Crippen molar-refractivity contribution in [1.82, 2.24) is 15.1 Å². The topological polar surface area (TPSA) is 54.0 Å². The SMILES string of the molecule is C=C(C1=CN(C)C2OCC(=O)NC2=C1)N1CCC(COc2ccc(F)cc2Cl)CC1. The number of nitrogens with one attached hydrogen (secondary N) is 1. The van der Waals surface area contributed by atoms with E-state index < -0.39 is 0 Å². The van der Waals surface area contributed by atoms with Gasteiger partial charge in [-0.15, -0.1) is 0 Å². The number of carbonyl (C=O) groups is 1. The van der Waals surface area contributed by atoms with Crippen molar-refractivity contribution >= 4 is 17.5 Å². The summed E-state index contributed by atoms with van der Waals surface area (Å²) in [6.45, 7) is 6.62. The quantitative estimate of drug-likeness (QED) is 0.772. The molecule has 3 heterocycles. The number of likely N-dealkylation sites (tertiary alicyclic amines) is 1. The van der Waals surface area contributed by atoms with E-state index in [4.69, 9.17) is 21.1 Å². The molecule has 1 atom stereocenters. The van der Waals surface area contributed by atoms with E-state index in [9.17, 15) is 9.18 Å². The zero-order chi connectivity index (χ0) is 21.3. The Morgan fingerprint density at radius 3 is 2.90 bits per heavy atom. The zero-order valence-corrected chi connectivity index (χ0v) is 17.6. The number of morpholine rings is 1. The lowest BCUT2D eigenvalue weighted by Crippen LogP contribution is -2.48. The van der Waals surface area contributed by atoms with Gasteiger partial charge in [0.2, 0.25) is 5.91 Å². The molecular formula is C22H25ClFN3O3. The molecule has 1 N–H and O–H groups in total. The average molecular weight is 434 g/mol. The molecule has 1 amide bonds. The van der Waals surface area contributed by atoms with Crippen molar-refractivity contribution in [2.24, 2.45) is 5.92 Å². The Hall–Kier alpha value is -2.51. The predicted molar refractivity (Wildman–Crippen MR) is 112 cm³/mol. The van der Waals surface area contributed by atoms with E-state index in [2.05, 4.69) is 16.8 Å². The predicted octanol–water partition coefficient (Wildman–Crippen LogP) is 3.27. The molecule has 0 bridgehead atoms. The third-order valence-corrected chi connectivity index (χ3v) is 5.94. The first kappa shape index (κ1) is 20.8. The minimum absolute atomic E-state index is 0.0647. The van der Waals surface area contributed by atoms with Crippen LogP contribution in [0.2, 0.25) is 5.02 Å². The van der Waals surface area contributed by atoms with E-state index in [1.54, 1.807) is 6.07 Å². The normalized spacial score (nSPS) is 22.1. The van der Waals surface area contributed by atoms with E-state index in [1.165, 1.54) is 12.1 Å². The Kier molecular flexibility index (Phi) is 6.01. The number of hydrogen-bond donors (Lipinski definition) is 1. The molecule has 0 aromatic heterocycles. The zero-order valence-electron chi connectivity index (χ0n) is 16.9. The second kappa shape index (κ2) is 8.70. The van der Waals surface area contributed by atoms with Crippen molar-refractivity contribution in [2.75, 3.05) is 33.4 Å². The minimum Gasteiger partial charge on any atom is -0.492 e. The number of hydrogen-bond acceptors (Lipinski definition) is 5. The van der Waals surface area contributed by atoms with Gasteiger partial charge in [-0.3, -0.25) is 4.79 Å². The number of carbonyl (C=O) groups excluding carboxylic acids is 1. The summed E-state index contributed by atoms with van der Waals surface area (Å²) in [4.78, 5) is 15.9. The number of fused-ring (bicyclic) bond motifs is 1. The fourth-order valence-corrected chi connectivity index (χ4v) is 4.17. The van der Waals surface area contributed by atoms with Crippen LogP contribution in [-0.4, -0.2) is 55.3 Å². The number of nitrogens with zero attached hydrogens (tertiary/aromatic N) is 2. The third kappa shape index (κ3) is 4.47.